The van der Waals surface area contributed by atoms with Gasteiger partial charge in [-0.2, -0.15) is 0 Å². The third kappa shape index (κ3) is 3.53. The number of hydrogen-bond donors (Lipinski definition) is 2. The summed E-state index contributed by atoms with van der Waals surface area (Å²) in [5.74, 6) is 1.12. The number of hydrogen-bond acceptors (Lipinski definition) is 2. The number of primary amides is 2. The van der Waals surface area contributed by atoms with Crippen LogP contribution in [0.5, 0.6) is 0 Å². The van der Waals surface area contributed by atoms with E-state index in [4.69, 9.17) is 4.79 Å². The molecule has 14 heavy (non-hydrogen) atoms. The van der Waals surface area contributed by atoms with Gasteiger partial charge < -0.3 is 11.5 Å². The van der Waals surface area contributed by atoms with E-state index in [0.717, 1.165) is 5.75 Å². The molecular formula is C10H12N2OS. The summed E-state index contributed by atoms with van der Waals surface area (Å²) < 4.78 is 0. The highest BCUT2D eigenvalue weighted by Gasteiger charge is 2.00. The summed E-state index contributed by atoms with van der Waals surface area (Å²) in [6.07, 6.45) is 4.39. The molecule has 0 fully saturated rings. The Kier molecular flexibility index (Phi) is 4.07. The van der Waals surface area contributed by atoms with E-state index in [0.29, 0.717) is 0 Å². The average molecular weight is 208 g/mol. The first-order chi connectivity index (χ1) is 6.70. The molecule has 0 saturated carbocycles. The zero-order valence-electron chi connectivity index (χ0n) is 7.64. The fourth-order valence-corrected chi connectivity index (χ4v) is 1.91. The van der Waals surface area contributed by atoms with E-state index in [9.17, 15) is 0 Å². The van der Waals surface area contributed by atoms with Crippen LogP contribution < -0.4 is 11.5 Å². The van der Waals surface area contributed by atoms with Crippen LogP contribution >= 0.6 is 11.8 Å². The van der Waals surface area contributed by atoms with E-state index in [1.54, 1.807) is 0 Å². The number of urea groups is 1. The van der Waals surface area contributed by atoms with Crippen molar-refractivity contribution < 1.29 is 4.79 Å². The lowest BCUT2D eigenvalue weighted by Crippen LogP contribution is -2.18. The Hall–Kier alpha value is -1.42. The van der Waals surface area contributed by atoms with E-state index in [1.807, 2.05) is 11.8 Å². The molecule has 0 saturated heterocycles. The second-order valence-electron chi connectivity index (χ2n) is 2.65. The van der Waals surface area contributed by atoms with Gasteiger partial charge in [0.1, 0.15) is 0 Å². The summed E-state index contributed by atoms with van der Waals surface area (Å²) in [7, 11) is 0. The Morgan fingerprint density at radius 1 is 1.29 bits per heavy atom. The zero-order valence-corrected chi connectivity index (χ0v) is 8.46. The van der Waals surface area contributed by atoms with Crippen molar-refractivity contribution in [3.63, 3.8) is 0 Å². The lowest BCUT2D eigenvalue weighted by atomic mass is 10.2. The zero-order chi connectivity index (χ0) is 10.4. The van der Waals surface area contributed by atoms with E-state index in [-0.39, 0.29) is 0 Å². The monoisotopic (exact) mass is 208 g/mol. The standard InChI is InChI=1S/C9H8S.CH4N2O/c1-2-6-9-8(4-1)5-3-7-10-9;2-1(3)4/h1-6H,7H2;(H4,2,3,4). The molecule has 74 valence electrons. The van der Waals surface area contributed by atoms with Crippen LogP contribution in [-0.4, -0.2) is 11.8 Å². The van der Waals surface area contributed by atoms with Gasteiger partial charge in [-0.3, -0.25) is 0 Å². The molecule has 0 aromatic heterocycles. The topological polar surface area (TPSA) is 69.1 Å². The third-order valence-electron chi connectivity index (χ3n) is 1.55. The molecule has 1 aliphatic rings. The van der Waals surface area contributed by atoms with E-state index >= 15 is 0 Å². The molecular weight excluding hydrogens is 196 g/mol. The van der Waals surface area contributed by atoms with Crippen molar-refractivity contribution in [3.05, 3.63) is 35.9 Å². The minimum Gasteiger partial charge on any atom is -0.352 e. The van der Waals surface area contributed by atoms with Gasteiger partial charge in [0.05, 0.1) is 0 Å². The summed E-state index contributed by atoms with van der Waals surface area (Å²) in [5, 5.41) is 0. The van der Waals surface area contributed by atoms with Gasteiger partial charge in [0.2, 0.25) is 0 Å². The van der Waals surface area contributed by atoms with Crippen molar-refractivity contribution in [2.75, 3.05) is 5.75 Å². The molecule has 0 spiro atoms. The molecule has 0 atom stereocenters. The van der Waals surface area contributed by atoms with Crippen LogP contribution in [0.2, 0.25) is 0 Å². The largest absolute Gasteiger partial charge is 0.352 e. The van der Waals surface area contributed by atoms with Crippen LogP contribution in [0, 0.1) is 0 Å². The number of rotatable bonds is 0. The van der Waals surface area contributed by atoms with Crippen LogP contribution in [0.25, 0.3) is 6.08 Å². The quantitative estimate of drug-likeness (QED) is 0.683. The molecule has 1 aliphatic heterocycles. The number of fused-ring (bicyclic) bond motifs is 1. The smallest absolute Gasteiger partial charge is 0.309 e. The molecule has 0 aliphatic carbocycles. The Balaban J connectivity index is 0.000000213. The lowest BCUT2D eigenvalue weighted by Gasteiger charge is -2.07. The van der Waals surface area contributed by atoms with Gasteiger partial charge >= 0.3 is 6.03 Å². The number of thioether (sulfide) groups is 1. The summed E-state index contributed by atoms with van der Waals surface area (Å²) in [6.45, 7) is 0. The third-order valence-corrected chi connectivity index (χ3v) is 2.59. The molecule has 2 amide bonds. The molecule has 1 heterocycles. The van der Waals surface area contributed by atoms with Crippen molar-refractivity contribution in [1.82, 2.24) is 0 Å². The number of nitrogens with two attached hydrogens (primary N) is 2. The maximum atomic E-state index is 9.00. The fraction of sp³-hybridized carbons (Fsp3) is 0.100. The minimum absolute atomic E-state index is 0.833. The van der Waals surface area contributed by atoms with Gasteiger partial charge in [-0.1, -0.05) is 30.4 Å². The first kappa shape index (κ1) is 10.7. The Morgan fingerprint density at radius 3 is 2.57 bits per heavy atom. The fourth-order valence-electron chi connectivity index (χ4n) is 1.06. The summed E-state index contributed by atoms with van der Waals surface area (Å²) >= 11 is 1.90. The predicted octanol–water partition coefficient (Wildman–Crippen LogP) is 1.83. The molecule has 0 radical (unpaired) electrons. The normalized spacial score (nSPS) is 12.3. The molecule has 1 aromatic rings. The predicted molar refractivity (Wildman–Crippen MR) is 60.0 cm³/mol. The highest BCUT2D eigenvalue weighted by atomic mass is 32.2. The van der Waals surface area contributed by atoms with Gasteiger partial charge in [-0.05, 0) is 11.6 Å². The van der Waals surface area contributed by atoms with Gasteiger partial charge in [0.15, 0.2) is 0 Å². The van der Waals surface area contributed by atoms with Gasteiger partial charge in [-0.15, -0.1) is 11.8 Å². The maximum absolute atomic E-state index is 9.00. The molecule has 0 bridgehead atoms. The molecule has 2 rings (SSSR count). The van der Waals surface area contributed by atoms with Crippen molar-refractivity contribution in [3.8, 4) is 0 Å². The minimum atomic E-state index is -0.833. The highest BCUT2D eigenvalue weighted by Crippen LogP contribution is 2.27. The van der Waals surface area contributed by atoms with Crippen molar-refractivity contribution in [1.29, 1.82) is 0 Å². The summed E-state index contributed by atoms with van der Waals surface area (Å²) in [6, 6.07) is 7.65. The van der Waals surface area contributed by atoms with Crippen LogP contribution in [0.1, 0.15) is 5.56 Å². The first-order valence-electron chi connectivity index (χ1n) is 4.13. The second-order valence-corrected chi connectivity index (χ2v) is 3.72. The number of carbonyl (C=O) groups is 1. The van der Waals surface area contributed by atoms with Crippen LogP contribution in [-0.2, 0) is 0 Å². The molecule has 4 N–H and O–H groups in total. The van der Waals surface area contributed by atoms with Crippen LogP contribution in [0.4, 0.5) is 4.79 Å². The van der Waals surface area contributed by atoms with Crippen molar-refractivity contribution in [2.24, 2.45) is 11.5 Å². The Bertz CT molecular complexity index is 346. The highest BCUT2D eigenvalue weighted by molar-refractivity contribution is 7.99. The van der Waals surface area contributed by atoms with E-state index in [1.165, 1.54) is 10.5 Å². The molecule has 0 unspecified atom stereocenters. The van der Waals surface area contributed by atoms with Gasteiger partial charge in [0, 0.05) is 10.6 Å². The Morgan fingerprint density at radius 2 is 1.93 bits per heavy atom. The molecule has 3 nitrogen and oxygen atoms in total. The number of carbonyl (C=O) groups excluding carboxylic acids is 1. The lowest BCUT2D eigenvalue weighted by molar-refractivity contribution is 0.256. The summed E-state index contributed by atoms with van der Waals surface area (Å²) in [4.78, 5) is 10.4. The average Bonchev–Trinajstić information content (AvgIpc) is 2.17. The molecule has 4 heteroatoms. The van der Waals surface area contributed by atoms with Crippen molar-refractivity contribution in [2.45, 2.75) is 4.90 Å². The SMILES string of the molecule is C1=Cc2ccccc2SC1.NC(N)=O. The van der Waals surface area contributed by atoms with Crippen molar-refractivity contribution >= 4 is 23.9 Å². The van der Waals surface area contributed by atoms with Gasteiger partial charge in [0.25, 0.3) is 0 Å². The van der Waals surface area contributed by atoms with Gasteiger partial charge in [-0.25, -0.2) is 4.79 Å². The number of amides is 2. The van der Waals surface area contributed by atoms with Crippen LogP contribution in [0.15, 0.2) is 35.2 Å². The first-order valence-corrected chi connectivity index (χ1v) is 5.12. The number of benzene rings is 1. The van der Waals surface area contributed by atoms with E-state index < -0.39 is 6.03 Å². The molecule has 1 aromatic carbocycles. The maximum Gasteiger partial charge on any atom is 0.309 e. The Labute approximate surface area is 87.2 Å². The second kappa shape index (κ2) is 5.34. The van der Waals surface area contributed by atoms with Crippen LogP contribution in [0.3, 0.4) is 0 Å². The van der Waals surface area contributed by atoms with E-state index in [2.05, 4.69) is 47.9 Å². The summed E-state index contributed by atoms with van der Waals surface area (Å²) in [5.41, 5.74) is 9.86.